The Bertz CT molecular complexity index is 702. The Morgan fingerprint density at radius 1 is 0.957 bits per heavy atom. The summed E-state index contributed by atoms with van der Waals surface area (Å²) < 4.78 is 21.0. The average Bonchev–Trinajstić information content (AvgIpc) is 2.56. The minimum Gasteiger partial charge on any atom is -0.493 e. The zero-order valence-electron chi connectivity index (χ0n) is 13.3. The Morgan fingerprint density at radius 3 is 2.04 bits per heavy atom. The zero-order chi connectivity index (χ0) is 17.0. The maximum atomic E-state index is 12.3. The molecule has 0 amide bonds. The maximum absolute atomic E-state index is 12.3. The molecule has 5 nitrogen and oxygen atoms in total. The van der Waals surface area contributed by atoms with Crippen LogP contribution in [0, 0.1) is 6.92 Å². The van der Waals surface area contributed by atoms with Crippen LogP contribution >= 0.6 is 11.6 Å². The Labute approximate surface area is 139 Å². The highest BCUT2D eigenvalue weighted by atomic mass is 35.5. The van der Waals surface area contributed by atoms with Crippen LogP contribution in [-0.2, 0) is 0 Å². The van der Waals surface area contributed by atoms with Crippen LogP contribution in [0.3, 0.4) is 0 Å². The molecule has 0 bridgehead atoms. The first-order chi connectivity index (χ1) is 11.0. The molecule has 6 heteroatoms. The molecule has 0 aliphatic heterocycles. The van der Waals surface area contributed by atoms with Crippen LogP contribution in [0.1, 0.15) is 15.9 Å². The molecule has 0 unspecified atom stereocenters. The maximum Gasteiger partial charge on any atom is 0.343 e. The molecule has 0 aromatic heterocycles. The van der Waals surface area contributed by atoms with Crippen LogP contribution < -0.4 is 18.9 Å². The number of ether oxygens (including phenoxy) is 4. The number of hydrogen-bond acceptors (Lipinski definition) is 5. The van der Waals surface area contributed by atoms with E-state index in [0.29, 0.717) is 28.0 Å². The number of carbonyl (C=O) groups excluding carboxylic acids is 1. The van der Waals surface area contributed by atoms with Gasteiger partial charge in [-0.05, 0) is 42.8 Å². The second-order valence-electron chi connectivity index (χ2n) is 4.71. The third-order valence-electron chi connectivity index (χ3n) is 3.24. The van der Waals surface area contributed by atoms with E-state index < -0.39 is 5.97 Å². The van der Waals surface area contributed by atoms with E-state index in [2.05, 4.69) is 0 Å². The average molecular weight is 337 g/mol. The Balaban J connectivity index is 2.33. The zero-order valence-corrected chi connectivity index (χ0v) is 14.1. The van der Waals surface area contributed by atoms with E-state index in [1.54, 1.807) is 18.2 Å². The van der Waals surface area contributed by atoms with Gasteiger partial charge in [0.05, 0.1) is 26.9 Å². The highest BCUT2D eigenvalue weighted by Crippen LogP contribution is 2.38. The number of benzene rings is 2. The van der Waals surface area contributed by atoms with Crippen LogP contribution in [-0.4, -0.2) is 27.3 Å². The van der Waals surface area contributed by atoms with Crippen LogP contribution in [0.15, 0.2) is 30.3 Å². The number of esters is 1. The Hall–Kier alpha value is -2.40. The molecule has 0 aliphatic rings. The third kappa shape index (κ3) is 3.68. The predicted molar refractivity (Wildman–Crippen MR) is 87.2 cm³/mol. The SMILES string of the molecule is COc1cc(C(=O)Oc2ccc(Cl)c(C)c2)cc(OC)c1OC. The van der Waals surface area contributed by atoms with E-state index in [0.717, 1.165) is 5.56 Å². The first-order valence-electron chi connectivity index (χ1n) is 6.78. The molecule has 23 heavy (non-hydrogen) atoms. The lowest BCUT2D eigenvalue weighted by Gasteiger charge is -2.13. The third-order valence-corrected chi connectivity index (χ3v) is 3.66. The Morgan fingerprint density at radius 2 is 1.57 bits per heavy atom. The minimum atomic E-state index is -0.536. The molecular weight excluding hydrogens is 320 g/mol. The molecule has 2 rings (SSSR count). The molecule has 0 heterocycles. The van der Waals surface area contributed by atoms with Gasteiger partial charge in [-0.3, -0.25) is 0 Å². The first-order valence-corrected chi connectivity index (χ1v) is 7.16. The minimum absolute atomic E-state index is 0.284. The summed E-state index contributed by atoms with van der Waals surface area (Å²) in [6.07, 6.45) is 0. The molecule has 0 saturated heterocycles. The van der Waals surface area contributed by atoms with Crippen molar-refractivity contribution in [2.75, 3.05) is 21.3 Å². The van der Waals surface area contributed by atoms with E-state index in [1.165, 1.54) is 33.5 Å². The summed E-state index contributed by atoms with van der Waals surface area (Å²) in [7, 11) is 4.46. The van der Waals surface area contributed by atoms with E-state index in [4.69, 9.17) is 30.5 Å². The number of carbonyl (C=O) groups is 1. The Kier molecular flexibility index (Phi) is 5.34. The highest BCUT2D eigenvalue weighted by Gasteiger charge is 2.18. The highest BCUT2D eigenvalue weighted by molar-refractivity contribution is 6.31. The second-order valence-corrected chi connectivity index (χ2v) is 5.12. The number of methoxy groups -OCH3 is 3. The fraction of sp³-hybridized carbons (Fsp3) is 0.235. The van der Waals surface area contributed by atoms with Crippen LogP contribution in [0.2, 0.25) is 5.02 Å². The lowest BCUT2D eigenvalue weighted by atomic mass is 10.2. The number of hydrogen-bond donors (Lipinski definition) is 0. The molecule has 0 spiro atoms. The quantitative estimate of drug-likeness (QED) is 0.612. The van der Waals surface area contributed by atoms with Crippen molar-refractivity contribution in [3.05, 3.63) is 46.5 Å². The molecule has 2 aromatic rings. The van der Waals surface area contributed by atoms with Crippen LogP contribution in [0.25, 0.3) is 0 Å². The topological polar surface area (TPSA) is 54.0 Å². The van der Waals surface area contributed by atoms with Gasteiger partial charge in [-0.15, -0.1) is 0 Å². The monoisotopic (exact) mass is 336 g/mol. The molecule has 0 fully saturated rings. The van der Waals surface area contributed by atoms with Gasteiger partial charge < -0.3 is 18.9 Å². The number of rotatable bonds is 5. The van der Waals surface area contributed by atoms with E-state index in [9.17, 15) is 4.79 Å². The summed E-state index contributed by atoms with van der Waals surface area (Å²) in [6.45, 7) is 1.83. The van der Waals surface area contributed by atoms with Gasteiger partial charge in [0.15, 0.2) is 11.5 Å². The van der Waals surface area contributed by atoms with Gasteiger partial charge >= 0.3 is 5.97 Å². The van der Waals surface area contributed by atoms with E-state index in [-0.39, 0.29) is 5.56 Å². The standard InChI is InChI=1S/C17H17ClO5/c1-10-7-12(5-6-13(10)18)23-17(19)11-8-14(20-2)16(22-4)15(9-11)21-3/h5-9H,1-4H3. The fourth-order valence-electron chi connectivity index (χ4n) is 2.05. The van der Waals surface area contributed by atoms with Crippen molar-refractivity contribution in [3.8, 4) is 23.0 Å². The van der Waals surface area contributed by atoms with Gasteiger partial charge in [0.1, 0.15) is 5.75 Å². The molecule has 0 N–H and O–H groups in total. The molecule has 0 atom stereocenters. The first kappa shape index (κ1) is 17.0. The van der Waals surface area contributed by atoms with Crippen molar-refractivity contribution < 1.29 is 23.7 Å². The smallest absolute Gasteiger partial charge is 0.343 e. The molecule has 0 saturated carbocycles. The lowest BCUT2D eigenvalue weighted by molar-refractivity contribution is 0.0734. The summed E-state index contributed by atoms with van der Waals surface area (Å²) in [4.78, 5) is 12.3. The van der Waals surface area contributed by atoms with E-state index >= 15 is 0 Å². The normalized spacial score (nSPS) is 10.1. The molecule has 0 aliphatic carbocycles. The molecule has 122 valence electrons. The van der Waals surface area contributed by atoms with Crippen molar-refractivity contribution in [2.24, 2.45) is 0 Å². The van der Waals surface area contributed by atoms with Crippen molar-refractivity contribution in [2.45, 2.75) is 6.92 Å². The largest absolute Gasteiger partial charge is 0.493 e. The van der Waals surface area contributed by atoms with E-state index in [1.807, 2.05) is 6.92 Å². The molecule has 0 radical (unpaired) electrons. The van der Waals surface area contributed by atoms with Crippen molar-refractivity contribution >= 4 is 17.6 Å². The molecular formula is C17H17ClO5. The second kappa shape index (κ2) is 7.24. The van der Waals surface area contributed by atoms with Gasteiger partial charge in [0.2, 0.25) is 5.75 Å². The summed E-state index contributed by atoms with van der Waals surface area (Å²) in [5, 5.41) is 0.609. The van der Waals surface area contributed by atoms with Gasteiger partial charge in [0, 0.05) is 5.02 Å². The number of aryl methyl sites for hydroxylation is 1. The summed E-state index contributed by atoms with van der Waals surface area (Å²) in [5.74, 6) is 1.04. The van der Waals surface area contributed by atoms with Gasteiger partial charge in [-0.1, -0.05) is 11.6 Å². The van der Waals surface area contributed by atoms with Crippen molar-refractivity contribution in [1.29, 1.82) is 0 Å². The summed E-state index contributed by atoms with van der Waals surface area (Å²) in [6, 6.07) is 8.07. The predicted octanol–water partition coefficient (Wildman–Crippen LogP) is 3.89. The molecule has 2 aromatic carbocycles. The lowest BCUT2D eigenvalue weighted by Crippen LogP contribution is -2.09. The fourth-order valence-corrected chi connectivity index (χ4v) is 2.16. The summed E-state index contributed by atoms with van der Waals surface area (Å²) >= 11 is 5.96. The van der Waals surface area contributed by atoms with Crippen LogP contribution in [0.4, 0.5) is 0 Å². The summed E-state index contributed by atoms with van der Waals surface area (Å²) in [5.41, 5.74) is 1.11. The number of halogens is 1. The van der Waals surface area contributed by atoms with Crippen molar-refractivity contribution in [3.63, 3.8) is 0 Å². The van der Waals surface area contributed by atoms with Gasteiger partial charge in [-0.25, -0.2) is 4.79 Å². The van der Waals surface area contributed by atoms with Crippen molar-refractivity contribution in [1.82, 2.24) is 0 Å². The van der Waals surface area contributed by atoms with Gasteiger partial charge in [-0.2, -0.15) is 0 Å². The van der Waals surface area contributed by atoms with Crippen LogP contribution in [0.5, 0.6) is 23.0 Å². The van der Waals surface area contributed by atoms with Gasteiger partial charge in [0.25, 0.3) is 0 Å².